The normalized spacial score (nSPS) is 17.5. The molecular formula is C15H20BrClN4O. The monoisotopic (exact) mass is 386 g/mol. The fourth-order valence-corrected chi connectivity index (χ4v) is 3.24. The lowest BCUT2D eigenvalue weighted by atomic mass is 10.1. The van der Waals surface area contributed by atoms with Gasteiger partial charge in [-0.05, 0) is 37.6 Å². The highest BCUT2D eigenvalue weighted by Gasteiger charge is 2.28. The van der Waals surface area contributed by atoms with Crippen molar-refractivity contribution in [2.24, 2.45) is 0 Å². The summed E-state index contributed by atoms with van der Waals surface area (Å²) in [6.45, 7) is 4.72. The molecule has 1 aliphatic rings. The maximum absolute atomic E-state index is 12.9. The molecule has 0 aliphatic carbocycles. The van der Waals surface area contributed by atoms with Crippen LogP contribution in [-0.4, -0.2) is 46.7 Å². The van der Waals surface area contributed by atoms with Gasteiger partial charge in [0.25, 0.3) is 5.91 Å². The summed E-state index contributed by atoms with van der Waals surface area (Å²) < 4.78 is 0.954. The molecule has 1 atom stereocenters. The molecule has 7 heteroatoms. The first-order valence-corrected chi connectivity index (χ1v) is 8.15. The van der Waals surface area contributed by atoms with Gasteiger partial charge in [0.05, 0.1) is 5.52 Å². The van der Waals surface area contributed by atoms with Crippen molar-refractivity contribution in [1.29, 1.82) is 0 Å². The quantitative estimate of drug-likeness (QED) is 0.848. The van der Waals surface area contributed by atoms with Crippen LogP contribution in [-0.2, 0) is 0 Å². The molecule has 2 aromatic rings. The standard InChI is InChI=1S/C15H19BrN4O.ClH/c1-2-7-20(11-5-6-17-9-11)15(21)14-12-8-10(16)3-4-13(12)18-19-14;/h3-4,8,11,17H,2,5-7,9H2,1H3,(H,18,19);1H. The van der Waals surface area contributed by atoms with Crippen molar-refractivity contribution >= 4 is 45.1 Å². The van der Waals surface area contributed by atoms with Crippen molar-refractivity contribution in [3.05, 3.63) is 28.4 Å². The van der Waals surface area contributed by atoms with Crippen molar-refractivity contribution < 1.29 is 4.79 Å². The average Bonchev–Trinajstić information content (AvgIpc) is 3.13. The molecule has 1 aliphatic heterocycles. The summed E-state index contributed by atoms with van der Waals surface area (Å²) in [5.74, 6) is 0.0231. The number of nitrogens with one attached hydrogen (secondary N) is 2. The molecule has 2 heterocycles. The summed E-state index contributed by atoms with van der Waals surface area (Å²) in [5, 5.41) is 11.4. The number of carbonyl (C=O) groups excluding carboxylic acids is 1. The van der Waals surface area contributed by atoms with E-state index in [0.29, 0.717) is 5.69 Å². The van der Waals surface area contributed by atoms with E-state index in [0.717, 1.165) is 47.9 Å². The highest BCUT2D eigenvalue weighted by Crippen LogP contribution is 2.23. The molecule has 1 fully saturated rings. The van der Waals surface area contributed by atoms with Gasteiger partial charge >= 0.3 is 0 Å². The predicted octanol–water partition coefficient (Wildman–Crippen LogP) is 2.96. The number of aromatic nitrogens is 2. The third kappa shape index (κ3) is 3.29. The van der Waals surface area contributed by atoms with Crippen LogP contribution < -0.4 is 5.32 Å². The highest BCUT2D eigenvalue weighted by molar-refractivity contribution is 9.10. The van der Waals surface area contributed by atoms with Crippen molar-refractivity contribution in [2.45, 2.75) is 25.8 Å². The Morgan fingerprint density at radius 3 is 3.00 bits per heavy atom. The van der Waals surface area contributed by atoms with Crippen LogP contribution in [0.15, 0.2) is 22.7 Å². The number of amides is 1. The van der Waals surface area contributed by atoms with Crippen molar-refractivity contribution in [3.63, 3.8) is 0 Å². The second-order valence-corrected chi connectivity index (χ2v) is 6.32. The van der Waals surface area contributed by atoms with Crippen molar-refractivity contribution in [1.82, 2.24) is 20.4 Å². The topological polar surface area (TPSA) is 61.0 Å². The van der Waals surface area contributed by atoms with Crippen molar-refractivity contribution in [3.8, 4) is 0 Å². The fraction of sp³-hybridized carbons (Fsp3) is 0.467. The first kappa shape index (κ1) is 17.2. The van der Waals surface area contributed by atoms with Gasteiger partial charge in [0.2, 0.25) is 0 Å². The van der Waals surface area contributed by atoms with Crippen LogP contribution in [0, 0.1) is 0 Å². The van der Waals surface area contributed by atoms with E-state index < -0.39 is 0 Å². The number of H-pyrrole nitrogens is 1. The van der Waals surface area contributed by atoms with Gasteiger partial charge in [-0.3, -0.25) is 9.89 Å². The number of hydrogen-bond acceptors (Lipinski definition) is 3. The zero-order valence-corrected chi connectivity index (χ0v) is 14.8. The van der Waals surface area contributed by atoms with Crippen LogP contribution in [0.1, 0.15) is 30.3 Å². The lowest BCUT2D eigenvalue weighted by Gasteiger charge is -2.27. The van der Waals surface area contributed by atoms with Crippen LogP contribution in [0.3, 0.4) is 0 Å². The van der Waals surface area contributed by atoms with E-state index in [4.69, 9.17) is 0 Å². The molecule has 0 bridgehead atoms. The van der Waals surface area contributed by atoms with Gasteiger partial charge in [-0.25, -0.2) is 0 Å². The molecular weight excluding hydrogens is 368 g/mol. The van der Waals surface area contributed by atoms with Crippen LogP contribution in [0.4, 0.5) is 0 Å². The third-order valence-corrected chi connectivity index (χ3v) is 4.42. The fourth-order valence-electron chi connectivity index (χ4n) is 2.88. The minimum atomic E-state index is 0. The first-order valence-electron chi connectivity index (χ1n) is 7.36. The Hall–Kier alpha value is -1.11. The number of aromatic amines is 1. The van der Waals surface area contributed by atoms with Gasteiger partial charge < -0.3 is 10.2 Å². The minimum absolute atomic E-state index is 0. The smallest absolute Gasteiger partial charge is 0.275 e. The van der Waals surface area contributed by atoms with Gasteiger partial charge in [0.1, 0.15) is 0 Å². The molecule has 2 N–H and O–H groups in total. The molecule has 1 saturated heterocycles. The van der Waals surface area contributed by atoms with Crippen LogP contribution in [0.5, 0.6) is 0 Å². The largest absolute Gasteiger partial charge is 0.333 e. The van der Waals surface area contributed by atoms with E-state index in [9.17, 15) is 4.79 Å². The molecule has 1 aromatic carbocycles. The Bertz CT molecular complexity index is 654. The number of halogens is 2. The molecule has 3 rings (SSSR count). The van der Waals surface area contributed by atoms with Gasteiger partial charge in [-0.15, -0.1) is 12.4 Å². The van der Waals surface area contributed by atoms with Crippen LogP contribution >= 0.6 is 28.3 Å². The maximum Gasteiger partial charge on any atom is 0.275 e. The molecule has 0 radical (unpaired) electrons. The molecule has 1 unspecified atom stereocenters. The second kappa shape index (κ2) is 7.44. The number of carbonyl (C=O) groups is 1. The molecule has 1 amide bonds. The Labute approximate surface area is 144 Å². The van der Waals surface area contributed by atoms with E-state index in [1.165, 1.54) is 0 Å². The molecule has 22 heavy (non-hydrogen) atoms. The lowest BCUT2D eigenvalue weighted by molar-refractivity contribution is 0.0688. The Morgan fingerprint density at radius 1 is 1.50 bits per heavy atom. The summed E-state index contributed by atoms with van der Waals surface area (Å²) in [7, 11) is 0. The van der Waals surface area contributed by atoms with Crippen molar-refractivity contribution in [2.75, 3.05) is 19.6 Å². The first-order chi connectivity index (χ1) is 10.2. The third-order valence-electron chi connectivity index (χ3n) is 3.93. The number of benzene rings is 1. The van der Waals surface area contributed by atoms with E-state index in [-0.39, 0.29) is 24.4 Å². The zero-order valence-electron chi connectivity index (χ0n) is 12.4. The number of hydrogen-bond donors (Lipinski definition) is 2. The number of fused-ring (bicyclic) bond motifs is 1. The van der Waals surface area contributed by atoms with Gasteiger partial charge in [-0.2, -0.15) is 5.10 Å². The van der Waals surface area contributed by atoms with Gasteiger partial charge in [0, 0.05) is 29.0 Å². The molecule has 0 spiro atoms. The van der Waals surface area contributed by atoms with Gasteiger partial charge in [-0.1, -0.05) is 22.9 Å². The molecule has 1 aromatic heterocycles. The summed E-state index contributed by atoms with van der Waals surface area (Å²) in [6, 6.07) is 6.10. The summed E-state index contributed by atoms with van der Waals surface area (Å²) >= 11 is 3.46. The van der Waals surface area contributed by atoms with E-state index in [1.807, 2.05) is 23.1 Å². The number of nitrogens with zero attached hydrogens (tertiary/aromatic N) is 2. The molecule has 120 valence electrons. The maximum atomic E-state index is 12.9. The molecule has 0 saturated carbocycles. The summed E-state index contributed by atoms with van der Waals surface area (Å²) in [5.41, 5.74) is 1.41. The second-order valence-electron chi connectivity index (χ2n) is 5.41. The number of rotatable bonds is 4. The SMILES string of the molecule is CCCN(C(=O)c1n[nH]c2ccc(Br)cc12)C1CCNC1.Cl. The zero-order chi connectivity index (χ0) is 14.8. The van der Waals surface area contributed by atoms with E-state index in [2.05, 4.69) is 38.4 Å². The Kier molecular flexibility index (Phi) is 5.83. The van der Waals surface area contributed by atoms with Gasteiger partial charge in [0.15, 0.2) is 5.69 Å². The molecule has 5 nitrogen and oxygen atoms in total. The highest BCUT2D eigenvalue weighted by atomic mass is 79.9. The average molecular weight is 388 g/mol. The lowest BCUT2D eigenvalue weighted by Crippen LogP contribution is -2.42. The Morgan fingerprint density at radius 2 is 2.32 bits per heavy atom. The Balaban J connectivity index is 0.00000176. The predicted molar refractivity (Wildman–Crippen MR) is 93.6 cm³/mol. The summed E-state index contributed by atoms with van der Waals surface area (Å²) in [4.78, 5) is 14.9. The summed E-state index contributed by atoms with van der Waals surface area (Å²) in [6.07, 6.45) is 1.96. The minimum Gasteiger partial charge on any atom is -0.333 e. The van der Waals surface area contributed by atoms with E-state index >= 15 is 0 Å². The van der Waals surface area contributed by atoms with Crippen LogP contribution in [0.25, 0.3) is 10.9 Å². The van der Waals surface area contributed by atoms with Crippen LogP contribution in [0.2, 0.25) is 0 Å². The van der Waals surface area contributed by atoms with E-state index in [1.54, 1.807) is 0 Å².